The molecule has 0 unspecified atom stereocenters. The van der Waals surface area contributed by atoms with Crippen LogP contribution in [0.4, 0.5) is 5.69 Å². The predicted molar refractivity (Wildman–Crippen MR) is 151 cm³/mol. The number of piperidine rings is 1. The number of carbonyl (C=O) groups excluding carboxylic acids is 1. The molecule has 2 fully saturated rings. The largest absolute Gasteiger partial charge is 0.493 e. The van der Waals surface area contributed by atoms with Gasteiger partial charge in [0.25, 0.3) is 0 Å². The summed E-state index contributed by atoms with van der Waals surface area (Å²) in [7, 11) is 4.72. The van der Waals surface area contributed by atoms with Crippen LogP contribution in [-0.4, -0.2) is 62.5 Å². The summed E-state index contributed by atoms with van der Waals surface area (Å²) in [5.41, 5.74) is 2.31. The number of fused-ring (bicyclic) bond motifs is 1. The van der Waals surface area contributed by atoms with E-state index in [2.05, 4.69) is 43.0 Å². The van der Waals surface area contributed by atoms with Crippen molar-refractivity contribution in [2.24, 2.45) is 5.92 Å². The Bertz CT molecular complexity index is 1100. The molecule has 0 spiro atoms. The van der Waals surface area contributed by atoms with Crippen molar-refractivity contribution < 1.29 is 24.1 Å². The Labute approximate surface area is 227 Å². The van der Waals surface area contributed by atoms with Crippen LogP contribution in [0.25, 0.3) is 6.08 Å². The quantitative estimate of drug-likeness (QED) is 0.441. The standard InChI is InChI=1S/C31H42N2O5/c1-6-32(7-2)24-14-12-23(13-15-24)29-25-10-8-9-17-31(25,35)18-19-33(29)28(34)16-11-22-20-26(36-3)30(38-5)27(21-22)37-4/h11-16,20-21,25,29,35H,6-10,17-19H2,1-5H3/t25-,29-,31+/m1/s1. The fourth-order valence-corrected chi connectivity index (χ4v) is 6.27. The first-order chi connectivity index (χ1) is 18.4. The van der Waals surface area contributed by atoms with Crippen molar-refractivity contribution >= 4 is 17.7 Å². The molecular weight excluding hydrogens is 480 g/mol. The Kier molecular flexibility index (Phi) is 8.87. The van der Waals surface area contributed by atoms with Gasteiger partial charge in [-0.15, -0.1) is 0 Å². The second-order valence-electron chi connectivity index (χ2n) is 10.2. The number of benzene rings is 2. The molecule has 2 aromatic rings. The zero-order valence-electron chi connectivity index (χ0n) is 23.4. The number of hydrogen-bond donors (Lipinski definition) is 1. The molecule has 1 saturated carbocycles. The molecule has 2 aliphatic rings. The summed E-state index contributed by atoms with van der Waals surface area (Å²) in [6.07, 6.45) is 7.84. The van der Waals surface area contributed by atoms with Crippen LogP contribution in [0.1, 0.15) is 63.1 Å². The molecular formula is C31H42N2O5. The van der Waals surface area contributed by atoms with E-state index >= 15 is 0 Å². The molecule has 3 atom stereocenters. The second kappa shape index (κ2) is 12.1. The van der Waals surface area contributed by atoms with Gasteiger partial charge in [0.05, 0.1) is 33.0 Å². The molecule has 7 heteroatoms. The summed E-state index contributed by atoms with van der Waals surface area (Å²) in [5.74, 6) is 1.54. The Morgan fingerprint density at radius 2 is 1.68 bits per heavy atom. The lowest BCUT2D eigenvalue weighted by molar-refractivity contribution is -0.150. The number of aliphatic hydroxyl groups is 1. The fourth-order valence-electron chi connectivity index (χ4n) is 6.27. The van der Waals surface area contributed by atoms with Crippen molar-refractivity contribution in [2.75, 3.05) is 45.9 Å². The normalized spacial score (nSPS) is 23.2. The first-order valence-corrected chi connectivity index (χ1v) is 13.7. The molecule has 0 aromatic heterocycles. The number of carbonyl (C=O) groups is 1. The van der Waals surface area contributed by atoms with E-state index in [1.54, 1.807) is 33.5 Å². The number of amides is 1. The van der Waals surface area contributed by atoms with Gasteiger partial charge in [-0.25, -0.2) is 0 Å². The average molecular weight is 523 g/mol. The summed E-state index contributed by atoms with van der Waals surface area (Å²) in [5, 5.41) is 11.6. The molecule has 38 heavy (non-hydrogen) atoms. The molecule has 1 aliphatic carbocycles. The van der Waals surface area contributed by atoms with Gasteiger partial charge in [-0.3, -0.25) is 4.79 Å². The molecule has 1 heterocycles. The van der Waals surface area contributed by atoms with E-state index in [0.29, 0.717) is 30.2 Å². The summed E-state index contributed by atoms with van der Waals surface area (Å²) >= 11 is 0. The Hall–Kier alpha value is -3.19. The van der Waals surface area contributed by atoms with Crippen LogP contribution in [0, 0.1) is 5.92 Å². The highest BCUT2D eigenvalue weighted by molar-refractivity contribution is 5.92. The Balaban J connectivity index is 1.65. The monoisotopic (exact) mass is 522 g/mol. The van der Waals surface area contributed by atoms with E-state index in [0.717, 1.165) is 49.9 Å². The Morgan fingerprint density at radius 3 is 2.26 bits per heavy atom. The molecule has 1 saturated heterocycles. The van der Waals surface area contributed by atoms with Crippen LogP contribution in [0.2, 0.25) is 0 Å². The van der Waals surface area contributed by atoms with Crippen molar-refractivity contribution in [2.45, 2.75) is 57.6 Å². The minimum atomic E-state index is -0.725. The van der Waals surface area contributed by atoms with Crippen LogP contribution in [0.5, 0.6) is 17.2 Å². The predicted octanol–water partition coefficient (Wildman–Crippen LogP) is 5.47. The van der Waals surface area contributed by atoms with Gasteiger partial charge in [0.2, 0.25) is 11.7 Å². The molecule has 206 valence electrons. The third kappa shape index (κ3) is 5.48. The zero-order valence-corrected chi connectivity index (χ0v) is 23.4. The van der Waals surface area contributed by atoms with Crippen molar-refractivity contribution in [3.8, 4) is 17.2 Å². The van der Waals surface area contributed by atoms with E-state index in [-0.39, 0.29) is 17.9 Å². The lowest BCUT2D eigenvalue weighted by Crippen LogP contribution is -2.56. The molecule has 0 bridgehead atoms. The van der Waals surface area contributed by atoms with Gasteiger partial charge in [0.1, 0.15) is 0 Å². The molecule has 4 rings (SSSR count). The molecule has 1 aliphatic heterocycles. The number of nitrogens with zero attached hydrogens (tertiary/aromatic N) is 2. The van der Waals surface area contributed by atoms with Crippen LogP contribution >= 0.6 is 0 Å². The maximum absolute atomic E-state index is 13.7. The smallest absolute Gasteiger partial charge is 0.247 e. The molecule has 7 nitrogen and oxygen atoms in total. The van der Waals surface area contributed by atoms with Gasteiger partial charge in [0, 0.05) is 37.3 Å². The average Bonchev–Trinajstić information content (AvgIpc) is 2.95. The zero-order chi connectivity index (χ0) is 27.3. The summed E-state index contributed by atoms with van der Waals surface area (Å²) < 4.78 is 16.3. The Morgan fingerprint density at radius 1 is 1.03 bits per heavy atom. The van der Waals surface area contributed by atoms with Crippen molar-refractivity contribution in [1.82, 2.24) is 4.90 Å². The number of anilines is 1. The number of rotatable bonds is 9. The second-order valence-corrected chi connectivity index (χ2v) is 10.2. The van der Waals surface area contributed by atoms with Crippen molar-refractivity contribution in [1.29, 1.82) is 0 Å². The minimum Gasteiger partial charge on any atom is -0.493 e. The van der Waals surface area contributed by atoms with E-state index < -0.39 is 5.60 Å². The summed E-state index contributed by atoms with van der Waals surface area (Å²) in [6, 6.07) is 12.1. The maximum Gasteiger partial charge on any atom is 0.247 e. The fraction of sp³-hybridized carbons (Fsp3) is 0.516. The number of methoxy groups -OCH3 is 3. The molecule has 2 aromatic carbocycles. The van der Waals surface area contributed by atoms with Gasteiger partial charge in [-0.05, 0) is 74.6 Å². The number of ether oxygens (including phenoxy) is 3. The lowest BCUT2D eigenvalue weighted by Gasteiger charge is -2.52. The lowest BCUT2D eigenvalue weighted by atomic mass is 9.66. The third-order valence-electron chi connectivity index (χ3n) is 8.32. The SMILES string of the molecule is CCN(CC)c1ccc([C@@H]2[C@H]3CCCC[C@]3(O)CCN2C(=O)C=Cc2cc(OC)c(OC)c(OC)c2)cc1. The van der Waals surface area contributed by atoms with Crippen LogP contribution in [-0.2, 0) is 4.79 Å². The highest BCUT2D eigenvalue weighted by Crippen LogP contribution is 2.49. The van der Waals surface area contributed by atoms with E-state index in [4.69, 9.17) is 14.2 Å². The first-order valence-electron chi connectivity index (χ1n) is 13.7. The third-order valence-corrected chi connectivity index (χ3v) is 8.32. The van der Waals surface area contributed by atoms with Crippen LogP contribution in [0.3, 0.4) is 0 Å². The topological polar surface area (TPSA) is 71.5 Å². The van der Waals surface area contributed by atoms with Crippen LogP contribution < -0.4 is 19.1 Å². The highest BCUT2D eigenvalue weighted by atomic mass is 16.5. The van der Waals surface area contributed by atoms with Gasteiger partial charge in [0.15, 0.2) is 11.5 Å². The summed E-state index contributed by atoms with van der Waals surface area (Å²) in [6.45, 7) is 6.71. The van der Waals surface area contributed by atoms with E-state index in [9.17, 15) is 9.90 Å². The van der Waals surface area contributed by atoms with Crippen LogP contribution in [0.15, 0.2) is 42.5 Å². The number of likely N-dealkylation sites (tertiary alicyclic amines) is 1. The summed E-state index contributed by atoms with van der Waals surface area (Å²) in [4.78, 5) is 18.0. The number of hydrogen-bond acceptors (Lipinski definition) is 6. The van der Waals surface area contributed by atoms with E-state index in [1.165, 1.54) is 5.69 Å². The van der Waals surface area contributed by atoms with Gasteiger partial charge in [-0.2, -0.15) is 0 Å². The first kappa shape index (κ1) is 27.8. The van der Waals surface area contributed by atoms with Crippen molar-refractivity contribution in [3.05, 3.63) is 53.6 Å². The van der Waals surface area contributed by atoms with E-state index in [1.807, 2.05) is 17.0 Å². The minimum absolute atomic E-state index is 0.0165. The molecule has 1 amide bonds. The van der Waals surface area contributed by atoms with Crippen molar-refractivity contribution in [3.63, 3.8) is 0 Å². The molecule has 1 N–H and O–H groups in total. The highest BCUT2D eigenvalue weighted by Gasteiger charge is 2.49. The van der Waals surface area contributed by atoms with Gasteiger partial charge < -0.3 is 29.1 Å². The van der Waals surface area contributed by atoms with Gasteiger partial charge in [-0.1, -0.05) is 25.0 Å². The molecule has 0 radical (unpaired) electrons. The maximum atomic E-state index is 13.7. The van der Waals surface area contributed by atoms with Gasteiger partial charge >= 0.3 is 0 Å².